The van der Waals surface area contributed by atoms with E-state index in [0.717, 1.165) is 18.1 Å². The van der Waals surface area contributed by atoms with E-state index in [1.54, 1.807) is 0 Å². The zero-order valence-corrected chi connectivity index (χ0v) is 11.4. The van der Waals surface area contributed by atoms with Gasteiger partial charge in [-0.2, -0.15) is 11.8 Å². The average molecular weight is 239 g/mol. The van der Waals surface area contributed by atoms with E-state index < -0.39 is 0 Å². The zero-order valence-electron chi connectivity index (χ0n) is 10.6. The summed E-state index contributed by atoms with van der Waals surface area (Å²) >= 11 is 2.00. The highest BCUT2D eigenvalue weighted by Gasteiger charge is 2.41. The van der Waals surface area contributed by atoms with Crippen molar-refractivity contribution in [3.63, 3.8) is 0 Å². The van der Waals surface area contributed by atoms with E-state index in [9.17, 15) is 0 Å². The van der Waals surface area contributed by atoms with Crippen molar-refractivity contribution < 1.29 is 4.42 Å². The Morgan fingerprint density at radius 3 is 2.62 bits per heavy atom. The minimum absolute atomic E-state index is 0.391. The quantitative estimate of drug-likeness (QED) is 0.852. The lowest BCUT2D eigenvalue weighted by atomic mass is 10.1. The van der Waals surface area contributed by atoms with Gasteiger partial charge in [-0.05, 0) is 45.9 Å². The topological polar surface area (TPSA) is 25.2 Å². The van der Waals surface area contributed by atoms with Crippen LogP contribution in [-0.4, -0.2) is 17.5 Å². The van der Waals surface area contributed by atoms with E-state index in [0.29, 0.717) is 10.8 Å². The Hall–Kier alpha value is -0.410. The van der Waals surface area contributed by atoms with E-state index in [1.807, 2.05) is 25.6 Å². The van der Waals surface area contributed by atoms with Crippen LogP contribution in [0.5, 0.6) is 0 Å². The number of thioether (sulfide) groups is 1. The molecule has 0 aliphatic heterocycles. The lowest BCUT2D eigenvalue weighted by Crippen LogP contribution is -2.28. The second-order valence-electron chi connectivity index (χ2n) is 4.86. The number of hydrogen-bond donors (Lipinski definition) is 1. The zero-order chi connectivity index (χ0) is 11.8. The molecule has 1 aromatic rings. The van der Waals surface area contributed by atoms with E-state index in [2.05, 4.69) is 24.6 Å². The molecule has 1 aromatic heterocycles. The van der Waals surface area contributed by atoms with Gasteiger partial charge in [0.1, 0.15) is 11.5 Å². The van der Waals surface area contributed by atoms with Crippen molar-refractivity contribution in [1.82, 2.24) is 5.32 Å². The van der Waals surface area contributed by atoms with Gasteiger partial charge < -0.3 is 9.73 Å². The standard InChI is InChI=1S/C13H21NOS/c1-9-7-12(11(3)15-9)10(2)14-8-13(16-4)5-6-13/h7,10,14H,5-6,8H2,1-4H3. The summed E-state index contributed by atoms with van der Waals surface area (Å²) in [5, 5.41) is 3.63. The molecule has 16 heavy (non-hydrogen) atoms. The number of rotatable bonds is 5. The molecular weight excluding hydrogens is 218 g/mol. The summed E-state index contributed by atoms with van der Waals surface area (Å²) in [4.78, 5) is 0. The highest BCUT2D eigenvalue weighted by atomic mass is 32.2. The highest BCUT2D eigenvalue weighted by Crippen LogP contribution is 2.46. The molecule has 90 valence electrons. The third-order valence-electron chi connectivity index (χ3n) is 3.52. The summed E-state index contributed by atoms with van der Waals surface area (Å²) in [5.41, 5.74) is 1.30. The summed E-state index contributed by atoms with van der Waals surface area (Å²) in [5.74, 6) is 2.05. The Balaban J connectivity index is 1.93. The normalized spacial score (nSPS) is 19.8. The minimum Gasteiger partial charge on any atom is -0.466 e. The summed E-state index contributed by atoms with van der Waals surface area (Å²) in [6, 6.07) is 2.54. The van der Waals surface area contributed by atoms with Crippen molar-refractivity contribution in [2.75, 3.05) is 12.8 Å². The molecule has 1 heterocycles. The van der Waals surface area contributed by atoms with Crippen LogP contribution in [0.3, 0.4) is 0 Å². The van der Waals surface area contributed by atoms with Crippen molar-refractivity contribution in [3.05, 3.63) is 23.2 Å². The van der Waals surface area contributed by atoms with Gasteiger partial charge in [-0.3, -0.25) is 0 Å². The van der Waals surface area contributed by atoms with Crippen molar-refractivity contribution in [2.24, 2.45) is 0 Å². The van der Waals surface area contributed by atoms with Crippen molar-refractivity contribution >= 4 is 11.8 Å². The molecule has 1 fully saturated rings. The van der Waals surface area contributed by atoms with Gasteiger partial charge in [-0.25, -0.2) is 0 Å². The largest absolute Gasteiger partial charge is 0.466 e. The fourth-order valence-electron chi connectivity index (χ4n) is 2.12. The second kappa shape index (κ2) is 4.46. The summed E-state index contributed by atoms with van der Waals surface area (Å²) in [6.45, 7) is 7.38. The second-order valence-corrected chi connectivity index (χ2v) is 6.13. The van der Waals surface area contributed by atoms with E-state index >= 15 is 0 Å². The Morgan fingerprint density at radius 2 is 2.19 bits per heavy atom. The van der Waals surface area contributed by atoms with Gasteiger partial charge in [0, 0.05) is 22.9 Å². The van der Waals surface area contributed by atoms with E-state index in [-0.39, 0.29) is 0 Å². The minimum atomic E-state index is 0.391. The molecule has 0 bridgehead atoms. The van der Waals surface area contributed by atoms with Crippen LogP contribution in [0.2, 0.25) is 0 Å². The van der Waals surface area contributed by atoms with Gasteiger partial charge in [0.25, 0.3) is 0 Å². The van der Waals surface area contributed by atoms with Crippen LogP contribution in [-0.2, 0) is 0 Å². The number of hydrogen-bond acceptors (Lipinski definition) is 3. The molecular formula is C13H21NOS. The molecule has 0 spiro atoms. The molecule has 2 rings (SSSR count). The molecule has 3 heteroatoms. The lowest BCUT2D eigenvalue weighted by Gasteiger charge is -2.18. The molecule has 0 saturated heterocycles. The van der Waals surface area contributed by atoms with Crippen LogP contribution in [0.1, 0.15) is 42.9 Å². The van der Waals surface area contributed by atoms with Crippen LogP contribution in [0.4, 0.5) is 0 Å². The molecule has 1 aliphatic carbocycles. The summed E-state index contributed by atoms with van der Waals surface area (Å²) in [6.07, 6.45) is 4.93. The van der Waals surface area contributed by atoms with Crippen molar-refractivity contribution in [1.29, 1.82) is 0 Å². The van der Waals surface area contributed by atoms with Gasteiger partial charge in [0.15, 0.2) is 0 Å². The van der Waals surface area contributed by atoms with Gasteiger partial charge in [0.05, 0.1) is 0 Å². The molecule has 2 nitrogen and oxygen atoms in total. The van der Waals surface area contributed by atoms with Crippen LogP contribution in [0.25, 0.3) is 0 Å². The predicted molar refractivity (Wildman–Crippen MR) is 70.1 cm³/mol. The third kappa shape index (κ3) is 2.46. The molecule has 1 saturated carbocycles. The molecule has 1 aliphatic rings. The molecule has 0 aromatic carbocycles. The number of nitrogens with one attached hydrogen (secondary N) is 1. The Morgan fingerprint density at radius 1 is 1.50 bits per heavy atom. The Labute approximate surface area is 102 Å². The van der Waals surface area contributed by atoms with Crippen LogP contribution >= 0.6 is 11.8 Å². The Kier molecular flexibility index (Phi) is 3.36. The maximum Gasteiger partial charge on any atom is 0.105 e. The maximum atomic E-state index is 5.56. The van der Waals surface area contributed by atoms with Gasteiger partial charge in [-0.1, -0.05) is 0 Å². The van der Waals surface area contributed by atoms with Crippen molar-refractivity contribution in [2.45, 2.75) is 44.4 Å². The predicted octanol–water partition coefficient (Wildman–Crippen LogP) is 3.44. The molecule has 0 radical (unpaired) electrons. The van der Waals surface area contributed by atoms with Crippen LogP contribution in [0.15, 0.2) is 10.5 Å². The van der Waals surface area contributed by atoms with Crippen LogP contribution in [0, 0.1) is 13.8 Å². The summed E-state index contributed by atoms with van der Waals surface area (Å²) in [7, 11) is 0. The van der Waals surface area contributed by atoms with Crippen LogP contribution < -0.4 is 5.32 Å². The average Bonchev–Trinajstić information content (AvgIpc) is 2.96. The molecule has 1 atom stereocenters. The smallest absolute Gasteiger partial charge is 0.105 e. The van der Waals surface area contributed by atoms with Gasteiger partial charge in [0.2, 0.25) is 0 Å². The maximum absolute atomic E-state index is 5.56. The van der Waals surface area contributed by atoms with E-state index in [1.165, 1.54) is 18.4 Å². The van der Waals surface area contributed by atoms with Gasteiger partial charge >= 0.3 is 0 Å². The monoisotopic (exact) mass is 239 g/mol. The SMILES string of the molecule is CSC1(CNC(C)c2cc(C)oc2C)CC1. The first-order valence-electron chi connectivity index (χ1n) is 5.92. The molecule has 0 amide bonds. The lowest BCUT2D eigenvalue weighted by molar-refractivity contribution is 0.489. The first kappa shape index (κ1) is 12.1. The number of furan rings is 1. The fourth-order valence-corrected chi connectivity index (χ4v) is 2.86. The fraction of sp³-hybridized carbons (Fsp3) is 0.692. The number of aryl methyl sites for hydroxylation is 2. The van der Waals surface area contributed by atoms with Gasteiger partial charge in [-0.15, -0.1) is 0 Å². The first-order valence-corrected chi connectivity index (χ1v) is 7.14. The first-order chi connectivity index (χ1) is 7.56. The molecule has 1 N–H and O–H groups in total. The Bertz CT molecular complexity index is 368. The summed E-state index contributed by atoms with van der Waals surface area (Å²) < 4.78 is 6.09. The molecule has 1 unspecified atom stereocenters. The highest BCUT2D eigenvalue weighted by molar-refractivity contribution is 8.00. The van der Waals surface area contributed by atoms with Crippen molar-refractivity contribution in [3.8, 4) is 0 Å². The third-order valence-corrected chi connectivity index (χ3v) is 4.94. The van der Waals surface area contributed by atoms with E-state index in [4.69, 9.17) is 4.42 Å².